The number of hydrogen-bond acceptors (Lipinski definition) is 2. The SMILES string of the molecule is Cc1cc(OC2CC2)c(C)cn1. The van der Waals surface area contributed by atoms with Gasteiger partial charge >= 0.3 is 0 Å². The number of aryl methyl sites for hydroxylation is 2. The van der Waals surface area contributed by atoms with Crippen molar-refractivity contribution in [2.45, 2.75) is 32.8 Å². The van der Waals surface area contributed by atoms with E-state index < -0.39 is 0 Å². The van der Waals surface area contributed by atoms with Gasteiger partial charge in [0.25, 0.3) is 0 Å². The van der Waals surface area contributed by atoms with Crippen LogP contribution in [-0.4, -0.2) is 11.1 Å². The Morgan fingerprint density at radius 1 is 1.42 bits per heavy atom. The maximum absolute atomic E-state index is 5.70. The number of hydrogen-bond donors (Lipinski definition) is 0. The second kappa shape index (κ2) is 2.77. The number of aromatic nitrogens is 1. The van der Waals surface area contributed by atoms with Crippen molar-refractivity contribution in [1.82, 2.24) is 4.98 Å². The first-order valence-electron chi connectivity index (χ1n) is 4.35. The molecule has 2 rings (SSSR count). The Labute approximate surface area is 72.6 Å². The zero-order valence-corrected chi connectivity index (χ0v) is 7.50. The predicted octanol–water partition coefficient (Wildman–Crippen LogP) is 2.24. The van der Waals surface area contributed by atoms with Gasteiger partial charge in [0.05, 0.1) is 6.10 Å². The molecule has 1 aliphatic carbocycles. The van der Waals surface area contributed by atoms with Gasteiger partial charge in [-0.15, -0.1) is 0 Å². The highest BCUT2D eigenvalue weighted by Crippen LogP contribution is 2.28. The Morgan fingerprint density at radius 3 is 2.83 bits per heavy atom. The van der Waals surface area contributed by atoms with E-state index in [9.17, 15) is 0 Å². The third-order valence-electron chi connectivity index (χ3n) is 2.01. The molecule has 0 unspecified atom stereocenters. The standard InChI is InChI=1S/C10H13NO/c1-7-6-11-8(2)5-10(7)12-9-3-4-9/h5-6,9H,3-4H2,1-2H3. The molecule has 0 amide bonds. The minimum absolute atomic E-state index is 0.477. The molecule has 1 aliphatic rings. The van der Waals surface area contributed by atoms with Gasteiger partial charge in [-0.3, -0.25) is 4.98 Å². The molecule has 0 spiro atoms. The van der Waals surface area contributed by atoms with Crippen molar-refractivity contribution in [2.24, 2.45) is 0 Å². The van der Waals surface area contributed by atoms with E-state index in [4.69, 9.17) is 4.74 Å². The van der Waals surface area contributed by atoms with E-state index in [0.29, 0.717) is 6.10 Å². The molecule has 0 radical (unpaired) electrons. The molecule has 0 N–H and O–H groups in total. The maximum Gasteiger partial charge on any atom is 0.125 e. The van der Waals surface area contributed by atoms with Gasteiger partial charge in [-0.1, -0.05) is 0 Å². The first kappa shape index (κ1) is 7.59. The van der Waals surface area contributed by atoms with Crippen LogP contribution in [0.3, 0.4) is 0 Å². The van der Waals surface area contributed by atoms with E-state index in [2.05, 4.69) is 4.98 Å². The third kappa shape index (κ3) is 1.58. The van der Waals surface area contributed by atoms with E-state index in [1.165, 1.54) is 12.8 Å². The summed E-state index contributed by atoms with van der Waals surface area (Å²) in [5, 5.41) is 0. The largest absolute Gasteiger partial charge is 0.490 e. The highest BCUT2D eigenvalue weighted by atomic mass is 16.5. The summed E-state index contributed by atoms with van der Waals surface area (Å²) in [4.78, 5) is 4.19. The molecule has 0 saturated heterocycles. The molecular formula is C10H13NO. The first-order valence-corrected chi connectivity index (χ1v) is 4.35. The third-order valence-corrected chi connectivity index (χ3v) is 2.01. The second-order valence-corrected chi connectivity index (χ2v) is 3.41. The molecule has 0 aromatic carbocycles. The summed E-state index contributed by atoms with van der Waals surface area (Å²) in [5.74, 6) is 1.00. The second-order valence-electron chi connectivity index (χ2n) is 3.41. The Kier molecular flexibility index (Phi) is 1.75. The molecule has 1 aromatic heterocycles. The summed E-state index contributed by atoms with van der Waals surface area (Å²) >= 11 is 0. The van der Waals surface area contributed by atoms with Crippen LogP contribution in [0.4, 0.5) is 0 Å². The molecule has 12 heavy (non-hydrogen) atoms. The average molecular weight is 163 g/mol. The van der Waals surface area contributed by atoms with Crippen LogP contribution < -0.4 is 4.74 Å². The zero-order valence-electron chi connectivity index (χ0n) is 7.50. The van der Waals surface area contributed by atoms with Gasteiger partial charge in [0.2, 0.25) is 0 Å². The van der Waals surface area contributed by atoms with Crippen LogP contribution in [0.1, 0.15) is 24.1 Å². The fourth-order valence-corrected chi connectivity index (χ4v) is 1.10. The van der Waals surface area contributed by atoms with Crippen LogP contribution in [0, 0.1) is 13.8 Å². The molecule has 0 bridgehead atoms. The number of nitrogens with zero attached hydrogens (tertiary/aromatic N) is 1. The molecule has 0 atom stereocenters. The fraction of sp³-hybridized carbons (Fsp3) is 0.500. The zero-order chi connectivity index (χ0) is 8.55. The van der Waals surface area contributed by atoms with E-state index in [1.54, 1.807) is 0 Å². The van der Waals surface area contributed by atoms with Crippen molar-refractivity contribution >= 4 is 0 Å². The van der Waals surface area contributed by atoms with Crippen molar-refractivity contribution in [3.8, 4) is 5.75 Å². The maximum atomic E-state index is 5.70. The van der Waals surface area contributed by atoms with Crippen molar-refractivity contribution in [2.75, 3.05) is 0 Å². The van der Waals surface area contributed by atoms with Gasteiger partial charge in [0.1, 0.15) is 5.75 Å². The molecule has 2 heteroatoms. The Morgan fingerprint density at radius 2 is 2.17 bits per heavy atom. The van der Waals surface area contributed by atoms with Crippen LogP contribution in [0.25, 0.3) is 0 Å². The molecule has 0 aliphatic heterocycles. The van der Waals surface area contributed by atoms with Crippen LogP contribution in [-0.2, 0) is 0 Å². The van der Waals surface area contributed by atoms with Crippen molar-refractivity contribution in [1.29, 1.82) is 0 Å². The normalized spacial score (nSPS) is 16.2. The fourth-order valence-electron chi connectivity index (χ4n) is 1.10. The summed E-state index contributed by atoms with van der Waals surface area (Å²) in [6.45, 7) is 4.02. The number of pyridine rings is 1. The molecule has 1 aromatic rings. The minimum Gasteiger partial charge on any atom is -0.490 e. The van der Waals surface area contributed by atoms with E-state index in [0.717, 1.165) is 17.0 Å². The Bertz CT molecular complexity index is 292. The first-order chi connectivity index (χ1) is 5.75. The lowest BCUT2D eigenvalue weighted by atomic mass is 10.2. The summed E-state index contributed by atoms with van der Waals surface area (Å²) in [6, 6.07) is 2.01. The Balaban J connectivity index is 2.21. The summed E-state index contributed by atoms with van der Waals surface area (Å²) < 4.78 is 5.70. The van der Waals surface area contributed by atoms with Gasteiger partial charge in [-0.2, -0.15) is 0 Å². The highest BCUT2D eigenvalue weighted by Gasteiger charge is 2.24. The molecule has 1 fully saturated rings. The molecular weight excluding hydrogens is 150 g/mol. The number of ether oxygens (including phenoxy) is 1. The van der Waals surface area contributed by atoms with Crippen molar-refractivity contribution in [3.05, 3.63) is 23.5 Å². The minimum atomic E-state index is 0.477. The van der Waals surface area contributed by atoms with Gasteiger partial charge in [-0.25, -0.2) is 0 Å². The quantitative estimate of drug-likeness (QED) is 0.667. The van der Waals surface area contributed by atoms with Crippen LogP contribution in [0.15, 0.2) is 12.3 Å². The van der Waals surface area contributed by atoms with Crippen molar-refractivity contribution < 1.29 is 4.74 Å². The molecule has 64 valence electrons. The average Bonchev–Trinajstić information content (AvgIpc) is 2.81. The van der Waals surface area contributed by atoms with Gasteiger partial charge < -0.3 is 4.74 Å². The van der Waals surface area contributed by atoms with Crippen LogP contribution in [0.5, 0.6) is 5.75 Å². The molecule has 1 saturated carbocycles. The van der Waals surface area contributed by atoms with E-state index in [1.807, 2.05) is 26.1 Å². The highest BCUT2D eigenvalue weighted by molar-refractivity contribution is 5.31. The van der Waals surface area contributed by atoms with Gasteiger partial charge in [0, 0.05) is 23.5 Å². The lowest BCUT2D eigenvalue weighted by Gasteiger charge is -2.07. The Hall–Kier alpha value is -1.05. The van der Waals surface area contributed by atoms with E-state index >= 15 is 0 Å². The van der Waals surface area contributed by atoms with Crippen LogP contribution >= 0.6 is 0 Å². The number of rotatable bonds is 2. The summed E-state index contributed by atoms with van der Waals surface area (Å²) in [7, 11) is 0. The molecule has 2 nitrogen and oxygen atoms in total. The predicted molar refractivity (Wildman–Crippen MR) is 47.4 cm³/mol. The van der Waals surface area contributed by atoms with Crippen LogP contribution in [0.2, 0.25) is 0 Å². The lowest BCUT2D eigenvalue weighted by Crippen LogP contribution is -1.98. The summed E-state index contributed by atoms with van der Waals surface area (Å²) in [6.07, 6.45) is 4.76. The summed E-state index contributed by atoms with van der Waals surface area (Å²) in [5.41, 5.74) is 2.16. The van der Waals surface area contributed by atoms with Gasteiger partial charge in [-0.05, 0) is 26.7 Å². The smallest absolute Gasteiger partial charge is 0.125 e. The lowest BCUT2D eigenvalue weighted by molar-refractivity contribution is 0.300. The van der Waals surface area contributed by atoms with Crippen molar-refractivity contribution in [3.63, 3.8) is 0 Å². The molecule has 1 heterocycles. The van der Waals surface area contributed by atoms with Gasteiger partial charge in [0.15, 0.2) is 0 Å². The topological polar surface area (TPSA) is 22.1 Å². The van der Waals surface area contributed by atoms with E-state index in [-0.39, 0.29) is 0 Å². The monoisotopic (exact) mass is 163 g/mol.